The van der Waals surface area contributed by atoms with Crippen molar-refractivity contribution >= 4 is 34.8 Å². The standard InChI is InChI=1S/C39H45N7O9/c1-42-20-6-22-43(38(47)40-32-12-16-34(17-13-32)45(49)50)28-30-8-2-4-10-36(30)54-26-24-53-25-27-55-37-11-5-3-9-31(37)29-44(23-7-21-42)39(48)41-33-14-18-35(19-15-33)46(51)52/h2-5,8-19H,6-7,20-29H2,1H3,(H,40,47)(H,41,48). The molecule has 4 aromatic carbocycles. The Morgan fingerprint density at radius 1 is 0.582 bits per heavy atom. The van der Waals surface area contributed by atoms with Crippen LogP contribution in [0, 0.1) is 20.2 Å². The third-order valence-electron chi connectivity index (χ3n) is 8.81. The molecule has 1 heterocycles. The second-order valence-corrected chi connectivity index (χ2v) is 12.8. The fourth-order valence-electron chi connectivity index (χ4n) is 5.90. The Morgan fingerprint density at radius 3 is 1.38 bits per heavy atom. The number of rotatable bonds is 4. The number of carbonyl (C=O) groups excluding carboxylic acids is 2. The summed E-state index contributed by atoms with van der Waals surface area (Å²) in [5.41, 5.74) is 2.34. The topological polar surface area (TPSA) is 182 Å². The lowest BCUT2D eigenvalue weighted by Gasteiger charge is -2.27. The summed E-state index contributed by atoms with van der Waals surface area (Å²) < 4.78 is 18.0. The number of nitro groups is 2. The average Bonchev–Trinajstić information content (AvgIpc) is 3.17. The van der Waals surface area contributed by atoms with Crippen LogP contribution in [-0.2, 0) is 17.8 Å². The van der Waals surface area contributed by atoms with E-state index in [9.17, 15) is 29.8 Å². The molecule has 55 heavy (non-hydrogen) atoms. The third-order valence-corrected chi connectivity index (χ3v) is 8.81. The maximum Gasteiger partial charge on any atom is 0.322 e. The number of para-hydroxylation sites is 2. The molecule has 5 rings (SSSR count). The van der Waals surface area contributed by atoms with Crippen molar-refractivity contribution in [2.24, 2.45) is 0 Å². The van der Waals surface area contributed by atoms with Crippen molar-refractivity contribution < 1.29 is 33.6 Å². The number of amides is 4. The molecular weight excluding hydrogens is 710 g/mol. The Bertz CT molecular complexity index is 1760. The highest BCUT2D eigenvalue weighted by atomic mass is 16.6. The monoisotopic (exact) mass is 755 g/mol. The van der Waals surface area contributed by atoms with Gasteiger partial charge in [-0.05, 0) is 69.4 Å². The lowest BCUT2D eigenvalue weighted by Crippen LogP contribution is -2.38. The highest BCUT2D eigenvalue weighted by Gasteiger charge is 2.20. The zero-order valence-corrected chi connectivity index (χ0v) is 30.6. The highest BCUT2D eigenvalue weighted by Crippen LogP contribution is 2.24. The zero-order valence-electron chi connectivity index (χ0n) is 30.6. The van der Waals surface area contributed by atoms with Crippen LogP contribution in [0.15, 0.2) is 97.1 Å². The lowest BCUT2D eigenvalue weighted by molar-refractivity contribution is -0.385. The Hall–Kier alpha value is -6.26. The molecule has 0 bridgehead atoms. The number of nitrogens with one attached hydrogen (secondary N) is 2. The minimum absolute atomic E-state index is 0.0734. The Morgan fingerprint density at radius 2 is 0.982 bits per heavy atom. The summed E-state index contributed by atoms with van der Waals surface area (Å²) in [4.78, 5) is 54.0. The Labute approximate surface area is 318 Å². The molecule has 16 heteroatoms. The molecule has 0 aromatic heterocycles. The average molecular weight is 756 g/mol. The Balaban J connectivity index is 1.30. The molecule has 4 aromatic rings. The van der Waals surface area contributed by atoms with E-state index in [0.717, 1.165) is 11.1 Å². The molecule has 0 fully saturated rings. The number of ether oxygens (including phenoxy) is 3. The predicted molar refractivity (Wildman–Crippen MR) is 206 cm³/mol. The third kappa shape index (κ3) is 12.4. The normalized spacial score (nSPS) is 15.4. The molecule has 290 valence electrons. The van der Waals surface area contributed by atoms with E-state index in [1.807, 2.05) is 55.6 Å². The number of hydrogen-bond donors (Lipinski definition) is 2. The largest absolute Gasteiger partial charge is 0.491 e. The minimum Gasteiger partial charge on any atom is -0.491 e. The van der Waals surface area contributed by atoms with Gasteiger partial charge in [0.05, 0.1) is 36.1 Å². The van der Waals surface area contributed by atoms with Crippen molar-refractivity contribution in [3.05, 3.63) is 128 Å². The molecule has 4 amide bonds. The second kappa shape index (κ2) is 20.3. The number of anilines is 2. The van der Waals surface area contributed by atoms with Gasteiger partial charge in [0, 0.05) is 59.9 Å². The number of nitrogens with zero attached hydrogens (tertiary/aromatic N) is 5. The summed E-state index contributed by atoms with van der Waals surface area (Å²) in [6.45, 7) is 3.77. The summed E-state index contributed by atoms with van der Waals surface area (Å²) in [5.74, 6) is 1.26. The van der Waals surface area contributed by atoms with Gasteiger partial charge in [-0.1, -0.05) is 36.4 Å². The van der Waals surface area contributed by atoms with Crippen LogP contribution in [0.3, 0.4) is 0 Å². The molecular formula is C39H45N7O9. The second-order valence-electron chi connectivity index (χ2n) is 12.8. The summed E-state index contributed by atoms with van der Waals surface area (Å²) in [6, 6.07) is 25.6. The fourth-order valence-corrected chi connectivity index (χ4v) is 5.90. The predicted octanol–water partition coefficient (Wildman–Crippen LogP) is 6.77. The van der Waals surface area contributed by atoms with Crippen LogP contribution in [0.5, 0.6) is 11.5 Å². The molecule has 0 saturated carbocycles. The summed E-state index contributed by atoms with van der Waals surface area (Å²) >= 11 is 0. The molecule has 16 nitrogen and oxygen atoms in total. The quantitative estimate of drug-likeness (QED) is 0.167. The van der Waals surface area contributed by atoms with E-state index in [4.69, 9.17) is 14.2 Å². The number of fused-ring (bicyclic) bond motifs is 2. The number of urea groups is 2. The molecule has 0 unspecified atom stereocenters. The van der Waals surface area contributed by atoms with Gasteiger partial charge in [-0.2, -0.15) is 0 Å². The van der Waals surface area contributed by atoms with Crippen LogP contribution in [-0.4, -0.2) is 96.3 Å². The van der Waals surface area contributed by atoms with Gasteiger partial charge < -0.3 is 39.5 Å². The van der Waals surface area contributed by atoms with E-state index < -0.39 is 9.85 Å². The van der Waals surface area contributed by atoms with Gasteiger partial charge in [-0.3, -0.25) is 20.2 Å². The van der Waals surface area contributed by atoms with Crippen molar-refractivity contribution in [3.8, 4) is 11.5 Å². The van der Waals surface area contributed by atoms with E-state index in [0.29, 0.717) is 75.1 Å². The molecule has 2 N–H and O–H groups in total. The summed E-state index contributed by atoms with van der Waals surface area (Å²) in [7, 11) is 1.98. The molecule has 0 spiro atoms. The van der Waals surface area contributed by atoms with Crippen molar-refractivity contribution in [2.45, 2.75) is 25.9 Å². The van der Waals surface area contributed by atoms with Crippen molar-refractivity contribution in [1.29, 1.82) is 0 Å². The van der Waals surface area contributed by atoms with Crippen molar-refractivity contribution in [3.63, 3.8) is 0 Å². The van der Waals surface area contributed by atoms with Crippen molar-refractivity contribution in [2.75, 3.05) is 70.3 Å². The first-order chi connectivity index (χ1) is 26.7. The van der Waals surface area contributed by atoms with E-state index in [-0.39, 0.29) is 49.7 Å². The summed E-state index contributed by atoms with van der Waals surface area (Å²) in [5, 5.41) is 28.0. The minimum atomic E-state index is -0.494. The fraction of sp³-hybridized carbons (Fsp3) is 0.333. The van der Waals surface area contributed by atoms with Gasteiger partial charge >= 0.3 is 12.1 Å². The molecule has 0 atom stereocenters. The zero-order chi connectivity index (χ0) is 39.0. The first-order valence-corrected chi connectivity index (χ1v) is 17.9. The van der Waals surface area contributed by atoms with Crippen LogP contribution in [0.1, 0.15) is 24.0 Å². The van der Waals surface area contributed by atoms with Gasteiger partial charge in [0.2, 0.25) is 0 Å². The first-order valence-electron chi connectivity index (χ1n) is 17.9. The van der Waals surface area contributed by atoms with E-state index in [1.54, 1.807) is 9.80 Å². The molecule has 0 saturated heterocycles. The summed E-state index contributed by atoms with van der Waals surface area (Å²) in [6.07, 6.45) is 1.27. The van der Waals surface area contributed by atoms with Crippen LogP contribution in [0.4, 0.5) is 32.3 Å². The van der Waals surface area contributed by atoms with E-state index >= 15 is 0 Å². The molecule has 1 aliphatic rings. The maximum atomic E-state index is 13.6. The Kier molecular flexibility index (Phi) is 14.7. The number of benzene rings is 4. The maximum absolute atomic E-state index is 13.6. The molecule has 1 aliphatic heterocycles. The van der Waals surface area contributed by atoms with Gasteiger partial charge in [0.1, 0.15) is 24.7 Å². The van der Waals surface area contributed by atoms with Gasteiger partial charge in [-0.15, -0.1) is 0 Å². The first kappa shape index (κ1) is 39.9. The van der Waals surface area contributed by atoms with E-state index in [2.05, 4.69) is 15.5 Å². The number of non-ortho nitro benzene ring substituents is 2. The van der Waals surface area contributed by atoms with Crippen LogP contribution in [0.25, 0.3) is 0 Å². The van der Waals surface area contributed by atoms with Crippen LogP contribution < -0.4 is 20.1 Å². The molecule has 0 radical (unpaired) electrons. The van der Waals surface area contributed by atoms with Crippen LogP contribution in [0.2, 0.25) is 0 Å². The number of hydrogen-bond acceptors (Lipinski definition) is 10. The highest BCUT2D eigenvalue weighted by molar-refractivity contribution is 5.90. The van der Waals surface area contributed by atoms with Gasteiger partial charge in [-0.25, -0.2) is 9.59 Å². The van der Waals surface area contributed by atoms with Crippen molar-refractivity contribution in [1.82, 2.24) is 14.7 Å². The van der Waals surface area contributed by atoms with Gasteiger partial charge in [0.25, 0.3) is 11.4 Å². The van der Waals surface area contributed by atoms with E-state index in [1.165, 1.54) is 48.5 Å². The smallest absolute Gasteiger partial charge is 0.322 e. The number of carbonyl (C=O) groups is 2. The van der Waals surface area contributed by atoms with Crippen LogP contribution >= 0.6 is 0 Å². The molecule has 0 aliphatic carbocycles. The lowest BCUT2D eigenvalue weighted by atomic mass is 10.2. The van der Waals surface area contributed by atoms with Gasteiger partial charge in [0.15, 0.2) is 0 Å². The SMILES string of the molecule is CN1CCCN(C(=O)Nc2ccc([N+](=O)[O-])cc2)Cc2ccccc2OCCOCCOc2ccccc2CN(C(=O)Nc2ccc([N+](=O)[O-])cc2)CCC1. The number of nitro benzene ring substituents is 2.